The zero-order chi connectivity index (χ0) is 14.9. The summed E-state index contributed by atoms with van der Waals surface area (Å²) in [6, 6.07) is 9.01. The Morgan fingerprint density at radius 2 is 1.70 bits per heavy atom. The molecule has 0 saturated heterocycles. The van der Waals surface area contributed by atoms with Gasteiger partial charge in [0, 0.05) is 10.0 Å². The summed E-state index contributed by atoms with van der Waals surface area (Å²) >= 11 is 3.04. The first-order valence-corrected chi connectivity index (χ1v) is 7.91. The second-order valence-corrected chi connectivity index (χ2v) is 6.93. The van der Waals surface area contributed by atoms with Gasteiger partial charge >= 0.3 is 0 Å². The summed E-state index contributed by atoms with van der Waals surface area (Å²) in [6.45, 7) is 1.40. The van der Waals surface area contributed by atoms with Gasteiger partial charge in [-0.15, -0.1) is 0 Å². The van der Waals surface area contributed by atoms with Crippen LogP contribution in [-0.2, 0) is 9.84 Å². The third-order valence-corrected chi connectivity index (χ3v) is 5.50. The van der Waals surface area contributed by atoms with Crippen LogP contribution in [-0.4, -0.2) is 14.2 Å². The number of hydrogen-bond acceptors (Lipinski definition) is 3. The van der Waals surface area contributed by atoms with Crippen LogP contribution >= 0.6 is 15.9 Å². The Balaban J connectivity index is 2.52. The molecule has 2 aromatic carbocycles. The average molecular weight is 357 g/mol. The van der Waals surface area contributed by atoms with Gasteiger partial charge in [0.1, 0.15) is 5.82 Å². The maximum absolute atomic E-state index is 13.0. The smallest absolute Gasteiger partial charge is 0.207 e. The summed E-state index contributed by atoms with van der Waals surface area (Å²) < 4.78 is 38.0. The van der Waals surface area contributed by atoms with E-state index in [9.17, 15) is 17.6 Å². The molecule has 0 spiro atoms. The maximum Gasteiger partial charge on any atom is 0.207 e. The van der Waals surface area contributed by atoms with Crippen molar-refractivity contribution in [2.24, 2.45) is 0 Å². The molecule has 0 aliphatic heterocycles. The Hall–Kier alpha value is -1.53. The van der Waals surface area contributed by atoms with Gasteiger partial charge in [0.25, 0.3) is 0 Å². The van der Waals surface area contributed by atoms with Crippen molar-refractivity contribution >= 4 is 31.6 Å². The number of ketones is 1. The van der Waals surface area contributed by atoms with Crippen molar-refractivity contribution in [1.29, 1.82) is 0 Å². The maximum atomic E-state index is 13.0. The standard InChI is InChI=1S/C14H10BrFO3S/c1-9(17)10-2-5-12(6-3-10)20(18,19)14-7-4-11(16)8-13(14)15/h2-8H,1H3. The van der Waals surface area contributed by atoms with Crippen LogP contribution in [0.5, 0.6) is 0 Å². The van der Waals surface area contributed by atoms with E-state index in [0.29, 0.717) is 5.56 Å². The Bertz CT molecular complexity index is 768. The number of rotatable bonds is 3. The van der Waals surface area contributed by atoms with E-state index in [-0.39, 0.29) is 20.0 Å². The average Bonchev–Trinajstić information content (AvgIpc) is 2.38. The highest BCUT2D eigenvalue weighted by Gasteiger charge is 2.21. The van der Waals surface area contributed by atoms with E-state index in [1.807, 2.05) is 0 Å². The van der Waals surface area contributed by atoms with E-state index in [4.69, 9.17) is 0 Å². The third kappa shape index (κ3) is 2.81. The number of carbonyl (C=O) groups excluding carboxylic acids is 1. The second kappa shape index (κ2) is 5.46. The second-order valence-electron chi connectivity index (χ2n) is 4.16. The van der Waals surface area contributed by atoms with Crippen LogP contribution in [0.1, 0.15) is 17.3 Å². The predicted octanol–water partition coefficient (Wildman–Crippen LogP) is 3.62. The predicted molar refractivity (Wildman–Crippen MR) is 76.0 cm³/mol. The van der Waals surface area contributed by atoms with Crippen LogP contribution in [0, 0.1) is 5.82 Å². The van der Waals surface area contributed by atoms with Gasteiger partial charge in [-0.3, -0.25) is 4.79 Å². The van der Waals surface area contributed by atoms with Gasteiger partial charge in [-0.1, -0.05) is 12.1 Å². The Morgan fingerprint density at radius 3 is 2.20 bits per heavy atom. The molecule has 0 aromatic heterocycles. The largest absolute Gasteiger partial charge is 0.295 e. The molecule has 0 amide bonds. The van der Waals surface area contributed by atoms with Gasteiger partial charge in [-0.05, 0) is 53.2 Å². The summed E-state index contributed by atoms with van der Waals surface area (Å²) in [5.74, 6) is -0.667. The monoisotopic (exact) mass is 356 g/mol. The lowest BCUT2D eigenvalue weighted by molar-refractivity contribution is 0.101. The molecule has 0 N–H and O–H groups in total. The van der Waals surface area contributed by atoms with E-state index >= 15 is 0 Å². The molecule has 0 aliphatic rings. The zero-order valence-electron chi connectivity index (χ0n) is 10.4. The minimum absolute atomic E-state index is 0.0190. The molecule has 0 heterocycles. The number of carbonyl (C=O) groups is 1. The van der Waals surface area contributed by atoms with Crippen LogP contribution in [0.15, 0.2) is 56.7 Å². The first-order chi connectivity index (χ1) is 9.32. The van der Waals surface area contributed by atoms with E-state index in [1.165, 1.54) is 37.3 Å². The van der Waals surface area contributed by atoms with Crippen LogP contribution < -0.4 is 0 Å². The normalized spacial score (nSPS) is 11.3. The van der Waals surface area contributed by atoms with Gasteiger partial charge in [-0.2, -0.15) is 0 Å². The molecule has 3 nitrogen and oxygen atoms in total. The summed E-state index contributed by atoms with van der Waals surface area (Å²) in [5, 5.41) is 0. The minimum Gasteiger partial charge on any atom is -0.295 e. The molecule has 104 valence electrons. The fraction of sp³-hybridized carbons (Fsp3) is 0.0714. The van der Waals surface area contributed by atoms with Gasteiger partial charge in [-0.25, -0.2) is 12.8 Å². The molecule has 0 fully saturated rings. The zero-order valence-corrected chi connectivity index (χ0v) is 12.8. The molecule has 0 bridgehead atoms. The lowest BCUT2D eigenvalue weighted by Gasteiger charge is -2.07. The fourth-order valence-electron chi connectivity index (χ4n) is 1.69. The molecule has 0 atom stereocenters. The SMILES string of the molecule is CC(=O)c1ccc(S(=O)(=O)c2ccc(F)cc2Br)cc1. The number of sulfone groups is 1. The van der Waals surface area contributed by atoms with Gasteiger partial charge in [0.05, 0.1) is 9.79 Å². The highest BCUT2D eigenvalue weighted by Crippen LogP contribution is 2.28. The van der Waals surface area contributed by atoms with Crippen LogP contribution in [0.2, 0.25) is 0 Å². The minimum atomic E-state index is -3.75. The molecule has 0 aliphatic carbocycles. The summed E-state index contributed by atoms with van der Waals surface area (Å²) in [4.78, 5) is 11.2. The number of halogens is 2. The topological polar surface area (TPSA) is 51.2 Å². The Kier molecular flexibility index (Phi) is 4.06. The highest BCUT2D eigenvalue weighted by molar-refractivity contribution is 9.10. The molecule has 2 rings (SSSR count). The van der Waals surface area contributed by atoms with E-state index in [1.54, 1.807) is 0 Å². The fourth-order valence-corrected chi connectivity index (χ4v) is 3.99. The van der Waals surface area contributed by atoms with Crippen LogP contribution in [0.4, 0.5) is 4.39 Å². The lowest BCUT2D eigenvalue weighted by atomic mass is 10.2. The van der Waals surface area contributed by atoms with Crippen molar-refractivity contribution in [3.8, 4) is 0 Å². The molecule has 6 heteroatoms. The summed E-state index contributed by atoms with van der Waals surface area (Å²) in [6.07, 6.45) is 0. The number of hydrogen-bond donors (Lipinski definition) is 0. The van der Waals surface area contributed by atoms with Crippen LogP contribution in [0.3, 0.4) is 0 Å². The number of Topliss-reactive ketones (excluding diaryl/α,β-unsaturated/α-hetero) is 1. The van der Waals surface area contributed by atoms with Gasteiger partial charge in [0.15, 0.2) is 5.78 Å². The lowest BCUT2D eigenvalue weighted by Crippen LogP contribution is -2.04. The number of benzene rings is 2. The Labute approximate surface area is 124 Å². The molecule has 0 saturated carbocycles. The van der Waals surface area contributed by atoms with E-state index < -0.39 is 15.7 Å². The van der Waals surface area contributed by atoms with Crippen molar-refractivity contribution < 1.29 is 17.6 Å². The first-order valence-electron chi connectivity index (χ1n) is 5.63. The highest BCUT2D eigenvalue weighted by atomic mass is 79.9. The van der Waals surface area contributed by atoms with Gasteiger partial charge < -0.3 is 0 Å². The van der Waals surface area contributed by atoms with E-state index in [0.717, 1.165) is 12.1 Å². The summed E-state index contributed by atoms with van der Waals surface area (Å²) in [7, 11) is -3.75. The molecular weight excluding hydrogens is 347 g/mol. The van der Waals surface area contributed by atoms with Crippen LogP contribution in [0.25, 0.3) is 0 Å². The molecule has 20 heavy (non-hydrogen) atoms. The quantitative estimate of drug-likeness (QED) is 0.623. The van der Waals surface area contributed by atoms with Crippen molar-refractivity contribution in [1.82, 2.24) is 0 Å². The molecule has 2 aromatic rings. The Morgan fingerprint density at radius 1 is 1.10 bits per heavy atom. The molecule has 0 radical (unpaired) electrons. The van der Waals surface area contributed by atoms with Crippen molar-refractivity contribution in [3.05, 3.63) is 58.3 Å². The summed E-state index contributed by atoms with van der Waals surface area (Å²) in [5.41, 5.74) is 0.433. The molecule has 0 unspecified atom stereocenters. The van der Waals surface area contributed by atoms with Crippen molar-refractivity contribution in [2.45, 2.75) is 16.7 Å². The van der Waals surface area contributed by atoms with E-state index in [2.05, 4.69) is 15.9 Å². The van der Waals surface area contributed by atoms with Crippen molar-refractivity contribution in [3.63, 3.8) is 0 Å². The van der Waals surface area contributed by atoms with Gasteiger partial charge in [0.2, 0.25) is 9.84 Å². The van der Waals surface area contributed by atoms with Crippen molar-refractivity contribution in [2.75, 3.05) is 0 Å². The third-order valence-electron chi connectivity index (χ3n) is 2.75. The first kappa shape index (κ1) is 14.9. The molecular formula is C14H10BrFO3S.